The van der Waals surface area contributed by atoms with Gasteiger partial charge in [-0.3, -0.25) is 10.2 Å². The average Bonchev–Trinajstić information content (AvgIpc) is 2.63. The van der Waals surface area contributed by atoms with E-state index >= 15 is 0 Å². The lowest BCUT2D eigenvalue weighted by Crippen LogP contribution is -2.55. The van der Waals surface area contributed by atoms with E-state index in [-0.39, 0.29) is 11.8 Å². The minimum atomic E-state index is -0.462. The molecule has 0 aliphatic rings. The lowest BCUT2D eigenvalue weighted by Gasteiger charge is -2.38. The Hall–Kier alpha value is -2.10. The Bertz CT molecular complexity index is 685. The van der Waals surface area contributed by atoms with Gasteiger partial charge in [0.15, 0.2) is 0 Å². The number of halogens is 1. The molecule has 2 rings (SSSR count). The van der Waals surface area contributed by atoms with Crippen LogP contribution in [0.4, 0.5) is 0 Å². The van der Waals surface area contributed by atoms with Gasteiger partial charge in [-0.1, -0.05) is 61.9 Å². The van der Waals surface area contributed by atoms with Crippen molar-refractivity contribution in [3.8, 4) is 0 Å². The monoisotopic (exact) mass is 342 g/mol. The van der Waals surface area contributed by atoms with E-state index in [0.29, 0.717) is 10.6 Å². The van der Waals surface area contributed by atoms with Gasteiger partial charge in [-0.25, -0.2) is 5.43 Å². The highest BCUT2D eigenvalue weighted by Gasteiger charge is 2.35. The molecule has 0 saturated heterocycles. The molecule has 0 bridgehead atoms. The molecule has 2 N–H and O–H groups in total. The quantitative estimate of drug-likeness (QED) is 0.565. The first-order valence-corrected chi connectivity index (χ1v) is 8.42. The maximum Gasteiger partial charge on any atom is 0.265 e. The summed E-state index contributed by atoms with van der Waals surface area (Å²) in [6, 6.07) is 16.8. The molecule has 2 aromatic rings. The number of hydrogen-bond acceptors (Lipinski definition) is 2. The number of benzene rings is 2. The number of carbonyl (C=O) groups is 1. The lowest BCUT2D eigenvalue weighted by atomic mass is 9.77. The van der Waals surface area contributed by atoms with E-state index in [1.165, 1.54) is 0 Å². The average molecular weight is 343 g/mol. The van der Waals surface area contributed by atoms with Gasteiger partial charge in [0.2, 0.25) is 0 Å². The van der Waals surface area contributed by atoms with Crippen molar-refractivity contribution >= 4 is 17.5 Å². The molecule has 0 aliphatic heterocycles. The van der Waals surface area contributed by atoms with Crippen LogP contribution in [0, 0.1) is 5.92 Å². The molecule has 2 aromatic carbocycles. The van der Waals surface area contributed by atoms with E-state index in [0.717, 1.165) is 12.0 Å². The van der Waals surface area contributed by atoms with E-state index in [4.69, 9.17) is 11.6 Å². The van der Waals surface area contributed by atoms with Gasteiger partial charge < -0.3 is 0 Å². The molecule has 0 aliphatic carbocycles. The Labute approximate surface area is 148 Å². The standard InChI is InChI=1S/C20H23ClN2O/c1-4-15(3)20(5-2,17-11-13-18(21)14-12-17)23-22-19(24)16-9-7-6-8-10-16/h4,6-15,23H,1,5H2,2-3H3,(H,22,24)/t15-,20-/m1/s1. The molecular formula is C20H23ClN2O. The van der Waals surface area contributed by atoms with Crippen LogP contribution in [0.2, 0.25) is 5.02 Å². The second kappa shape index (κ2) is 8.13. The summed E-state index contributed by atoms with van der Waals surface area (Å²) < 4.78 is 0. The van der Waals surface area contributed by atoms with E-state index in [1.807, 2.05) is 48.5 Å². The van der Waals surface area contributed by atoms with Crippen molar-refractivity contribution in [1.82, 2.24) is 10.9 Å². The van der Waals surface area contributed by atoms with Crippen molar-refractivity contribution in [3.63, 3.8) is 0 Å². The van der Waals surface area contributed by atoms with Gasteiger partial charge in [0.25, 0.3) is 5.91 Å². The zero-order valence-corrected chi connectivity index (χ0v) is 14.8. The summed E-state index contributed by atoms with van der Waals surface area (Å²) in [7, 11) is 0. The van der Waals surface area contributed by atoms with E-state index in [1.54, 1.807) is 12.1 Å². The molecule has 0 fully saturated rings. The minimum Gasteiger partial charge on any atom is -0.287 e. The van der Waals surface area contributed by atoms with Crippen molar-refractivity contribution in [1.29, 1.82) is 0 Å². The van der Waals surface area contributed by atoms with Crippen molar-refractivity contribution in [2.45, 2.75) is 25.8 Å². The van der Waals surface area contributed by atoms with E-state index in [9.17, 15) is 4.79 Å². The first-order chi connectivity index (χ1) is 11.5. The molecule has 24 heavy (non-hydrogen) atoms. The zero-order chi connectivity index (χ0) is 17.6. The second-order valence-corrected chi connectivity index (χ2v) is 6.24. The highest BCUT2D eigenvalue weighted by Crippen LogP contribution is 2.34. The molecule has 4 heteroatoms. The highest BCUT2D eigenvalue weighted by atomic mass is 35.5. The molecule has 0 heterocycles. The van der Waals surface area contributed by atoms with Crippen LogP contribution in [0.5, 0.6) is 0 Å². The van der Waals surface area contributed by atoms with E-state index < -0.39 is 5.54 Å². The maximum atomic E-state index is 12.4. The summed E-state index contributed by atoms with van der Waals surface area (Å²) in [5.41, 5.74) is 7.30. The molecule has 2 atom stereocenters. The van der Waals surface area contributed by atoms with Gasteiger partial charge in [0, 0.05) is 10.6 Å². The predicted molar refractivity (Wildman–Crippen MR) is 99.8 cm³/mol. The fourth-order valence-corrected chi connectivity index (χ4v) is 2.97. The van der Waals surface area contributed by atoms with Crippen molar-refractivity contribution in [2.24, 2.45) is 5.92 Å². The maximum absolute atomic E-state index is 12.4. The topological polar surface area (TPSA) is 41.1 Å². The van der Waals surface area contributed by atoms with Crippen LogP contribution in [0.3, 0.4) is 0 Å². The van der Waals surface area contributed by atoms with Gasteiger partial charge in [-0.15, -0.1) is 6.58 Å². The summed E-state index contributed by atoms with van der Waals surface area (Å²) in [5.74, 6) is -0.0709. The summed E-state index contributed by atoms with van der Waals surface area (Å²) >= 11 is 6.02. The third kappa shape index (κ3) is 3.86. The number of hydrazine groups is 1. The van der Waals surface area contributed by atoms with Gasteiger partial charge in [0.05, 0.1) is 5.54 Å². The number of nitrogens with one attached hydrogen (secondary N) is 2. The van der Waals surface area contributed by atoms with Crippen LogP contribution in [-0.2, 0) is 5.54 Å². The van der Waals surface area contributed by atoms with Crippen LogP contribution < -0.4 is 10.9 Å². The third-order valence-electron chi connectivity index (χ3n) is 4.48. The van der Waals surface area contributed by atoms with Gasteiger partial charge in [0.1, 0.15) is 0 Å². The SMILES string of the molecule is C=C[C@@H](C)[C@@](CC)(NNC(=O)c1ccccc1)c1ccc(Cl)cc1. The van der Waals surface area contributed by atoms with Crippen LogP contribution in [0.25, 0.3) is 0 Å². The smallest absolute Gasteiger partial charge is 0.265 e. The molecule has 3 nitrogen and oxygen atoms in total. The van der Waals surface area contributed by atoms with Crippen LogP contribution in [0.1, 0.15) is 36.2 Å². The van der Waals surface area contributed by atoms with Crippen LogP contribution in [-0.4, -0.2) is 5.91 Å². The largest absolute Gasteiger partial charge is 0.287 e. The first kappa shape index (κ1) is 18.2. The van der Waals surface area contributed by atoms with Crippen molar-refractivity contribution in [2.75, 3.05) is 0 Å². The van der Waals surface area contributed by atoms with Crippen molar-refractivity contribution < 1.29 is 4.79 Å². The number of amides is 1. The van der Waals surface area contributed by atoms with Gasteiger partial charge >= 0.3 is 0 Å². The Balaban J connectivity index is 2.28. The van der Waals surface area contributed by atoms with Gasteiger partial charge in [-0.05, 0) is 42.2 Å². The number of hydrogen-bond donors (Lipinski definition) is 2. The Kier molecular flexibility index (Phi) is 6.18. The molecule has 0 spiro atoms. The lowest BCUT2D eigenvalue weighted by molar-refractivity contribution is 0.0883. The molecule has 126 valence electrons. The highest BCUT2D eigenvalue weighted by molar-refractivity contribution is 6.30. The Morgan fingerprint density at radius 2 is 1.83 bits per heavy atom. The normalized spacial score (nSPS) is 14.5. The number of carbonyl (C=O) groups excluding carboxylic acids is 1. The zero-order valence-electron chi connectivity index (χ0n) is 14.1. The van der Waals surface area contributed by atoms with Crippen LogP contribution in [0.15, 0.2) is 67.3 Å². The van der Waals surface area contributed by atoms with E-state index in [2.05, 4.69) is 31.3 Å². The minimum absolute atomic E-state index is 0.0970. The molecule has 1 amide bonds. The molecule has 0 saturated carbocycles. The Morgan fingerprint density at radius 3 is 2.38 bits per heavy atom. The summed E-state index contributed by atoms with van der Waals surface area (Å²) in [6.07, 6.45) is 2.66. The summed E-state index contributed by atoms with van der Waals surface area (Å²) in [4.78, 5) is 12.4. The number of rotatable bonds is 7. The summed E-state index contributed by atoms with van der Waals surface area (Å²) in [6.45, 7) is 8.08. The fourth-order valence-electron chi connectivity index (χ4n) is 2.84. The second-order valence-electron chi connectivity index (χ2n) is 5.80. The summed E-state index contributed by atoms with van der Waals surface area (Å²) in [5, 5.41) is 0.684. The molecular weight excluding hydrogens is 320 g/mol. The molecule has 0 aromatic heterocycles. The molecule has 0 radical (unpaired) electrons. The Morgan fingerprint density at radius 1 is 1.21 bits per heavy atom. The van der Waals surface area contributed by atoms with Crippen molar-refractivity contribution in [3.05, 3.63) is 83.4 Å². The molecule has 0 unspecified atom stereocenters. The predicted octanol–water partition coefficient (Wildman–Crippen LogP) is 4.70. The first-order valence-electron chi connectivity index (χ1n) is 8.04. The third-order valence-corrected chi connectivity index (χ3v) is 4.73. The van der Waals surface area contributed by atoms with Crippen LogP contribution >= 0.6 is 11.6 Å². The fraction of sp³-hybridized carbons (Fsp3) is 0.250. The van der Waals surface area contributed by atoms with Gasteiger partial charge in [-0.2, -0.15) is 0 Å².